The zero-order chi connectivity index (χ0) is 14.2. The lowest BCUT2D eigenvalue weighted by Gasteiger charge is -2.15. The molecule has 20 heavy (non-hydrogen) atoms. The summed E-state index contributed by atoms with van der Waals surface area (Å²) in [5.74, 6) is -0.148. The molecule has 0 saturated carbocycles. The summed E-state index contributed by atoms with van der Waals surface area (Å²) >= 11 is 1.56. The summed E-state index contributed by atoms with van der Waals surface area (Å²) in [5, 5.41) is -0.209. The van der Waals surface area contributed by atoms with Crippen LogP contribution < -0.4 is 0 Å². The zero-order valence-corrected chi connectivity index (χ0v) is 12.3. The Labute approximate surface area is 124 Å². The monoisotopic (exact) mass is 286 g/mol. The van der Waals surface area contributed by atoms with Crippen LogP contribution in [-0.2, 0) is 16.0 Å². The molecule has 104 valence electrons. The molecule has 0 bridgehead atoms. The van der Waals surface area contributed by atoms with Gasteiger partial charge in [0.05, 0.1) is 6.61 Å². The molecule has 0 radical (unpaired) electrons. The molecule has 0 heterocycles. The van der Waals surface area contributed by atoms with Gasteiger partial charge in [-0.3, -0.25) is 4.79 Å². The van der Waals surface area contributed by atoms with Crippen molar-refractivity contribution in [2.75, 3.05) is 6.61 Å². The Morgan fingerprint density at radius 2 is 1.65 bits per heavy atom. The third-order valence-corrected chi connectivity index (χ3v) is 4.02. The summed E-state index contributed by atoms with van der Waals surface area (Å²) in [6.07, 6.45) is 0.680. The fourth-order valence-corrected chi connectivity index (χ4v) is 2.98. The first-order valence-corrected chi connectivity index (χ1v) is 7.60. The smallest absolute Gasteiger partial charge is 0.319 e. The standard InChI is InChI=1S/C17H18O2S/c1-2-19-17(18)16(13-14-9-5-3-6-10-14)20-15-11-7-4-8-12-15/h3-12,16H,2,13H2,1H3/t16-/m1/s1. The van der Waals surface area contributed by atoms with Gasteiger partial charge in [-0.25, -0.2) is 0 Å². The average Bonchev–Trinajstić information content (AvgIpc) is 2.49. The summed E-state index contributed by atoms with van der Waals surface area (Å²) in [6.45, 7) is 2.25. The van der Waals surface area contributed by atoms with Crippen molar-refractivity contribution in [2.45, 2.75) is 23.5 Å². The van der Waals surface area contributed by atoms with Crippen LogP contribution in [0.4, 0.5) is 0 Å². The molecule has 0 aliphatic carbocycles. The van der Waals surface area contributed by atoms with Crippen molar-refractivity contribution in [1.82, 2.24) is 0 Å². The molecule has 0 aromatic heterocycles. The van der Waals surface area contributed by atoms with Gasteiger partial charge in [0, 0.05) is 4.90 Å². The number of thioether (sulfide) groups is 1. The summed E-state index contributed by atoms with van der Waals surface area (Å²) in [7, 11) is 0. The fourth-order valence-electron chi connectivity index (χ4n) is 1.90. The molecule has 0 aliphatic heterocycles. The average molecular weight is 286 g/mol. The summed E-state index contributed by atoms with van der Waals surface area (Å²) < 4.78 is 5.19. The van der Waals surface area contributed by atoms with E-state index >= 15 is 0 Å². The van der Waals surface area contributed by atoms with Crippen molar-refractivity contribution in [3.63, 3.8) is 0 Å². The van der Waals surface area contributed by atoms with Crippen LogP contribution in [0.3, 0.4) is 0 Å². The summed E-state index contributed by atoms with van der Waals surface area (Å²) in [6, 6.07) is 20.0. The molecule has 0 unspecified atom stereocenters. The minimum atomic E-state index is -0.209. The van der Waals surface area contributed by atoms with E-state index in [2.05, 4.69) is 0 Å². The lowest BCUT2D eigenvalue weighted by atomic mass is 10.1. The predicted octanol–water partition coefficient (Wildman–Crippen LogP) is 3.95. The molecule has 0 saturated heterocycles. The molecular weight excluding hydrogens is 268 g/mol. The van der Waals surface area contributed by atoms with E-state index in [0.29, 0.717) is 13.0 Å². The van der Waals surface area contributed by atoms with Crippen molar-refractivity contribution in [2.24, 2.45) is 0 Å². The van der Waals surface area contributed by atoms with Crippen LogP contribution in [0.15, 0.2) is 65.6 Å². The number of esters is 1. The second-order valence-electron chi connectivity index (χ2n) is 4.36. The molecule has 3 heteroatoms. The Bertz CT molecular complexity index is 484. The van der Waals surface area contributed by atoms with Crippen molar-refractivity contribution >= 4 is 17.7 Å². The number of hydrogen-bond donors (Lipinski definition) is 0. The topological polar surface area (TPSA) is 26.3 Å². The normalized spacial score (nSPS) is 11.8. The Kier molecular flexibility index (Phi) is 5.69. The van der Waals surface area contributed by atoms with Crippen molar-refractivity contribution in [3.8, 4) is 0 Å². The highest BCUT2D eigenvalue weighted by Crippen LogP contribution is 2.26. The lowest BCUT2D eigenvalue weighted by molar-refractivity contribution is -0.142. The largest absolute Gasteiger partial charge is 0.465 e. The second-order valence-corrected chi connectivity index (χ2v) is 5.64. The minimum Gasteiger partial charge on any atom is -0.465 e. The van der Waals surface area contributed by atoms with Crippen LogP contribution in [0.25, 0.3) is 0 Å². The Hall–Kier alpha value is -1.74. The maximum atomic E-state index is 12.1. The summed E-state index contributed by atoms with van der Waals surface area (Å²) in [4.78, 5) is 13.2. The molecule has 2 aromatic rings. The van der Waals surface area contributed by atoms with E-state index in [0.717, 1.165) is 10.5 Å². The summed E-state index contributed by atoms with van der Waals surface area (Å²) in [5.41, 5.74) is 1.15. The van der Waals surface area contributed by atoms with Crippen LogP contribution in [0.2, 0.25) is 0 Å². The molecule has 0 amide bonds. The van der Waals surface area contributed by atoms with Crippen molar-refractivity contribution in [1.29, 1.82) is 0 Å². The molecular formula is C17H18O2S. The van der Waals surface area contributed by atoms with Gasteiger partial charge in [0.25, 0.3) is 0 Å². The highest BCUT2D eigenvalue weighted by molar-refractivity contribution is 8.00. The predicted molar refractivity (Wildman–Crippen MR) is 82.9 cm³/mol. The molecule has 0 spiro atoms. The van der Waals surface area contributed by atoms with Crippen LogP contribution in [0.5, 0.6) is 0 Å². The van der Waals surface area contributed by atoms with Gasteiger partial charge in [-0.05, 0) is 31.0 Å². The lowest BCUT2D eigenvalue weighted by Crippen LogP contribution is -2.22. The molecule has 2 aromatic carbocycles. The van der Waals surface area contributed by atoms with Gasteiger partial charge in [-0.1, -0.05) is 48.5 Å². The number of carbonyl (C=O) groups excluding carboxylic acids is 1. The van der Waals surface area contributed by atoms with E-state index in [-0.39, 0.29) is 11.2 Å². The number of benzene rings is 2. The molecule has 0 aliphatic rings. The van der Waals surface area contributed by atoms with E-state index in [1.54, 1.807) is 11.8 Å². The van der Waals surface area contributed by atoms with E-state index in [4.69, 9.17) is 4.74 Å². The van der Waals surface area contributed by atoms with Crippen molar-refractivity contribution in [3.05, 3.63) is 66.2 Å². The van der Waals surface area contributed by atoms with Gasteiger partial charge >= 0.3 is 5.97 Å². The first-order valence-electron chi connectivity index (χ1n) is 6.72. The first-order chi connectivity index (χ1) is 9.79. The van der Waals surface area contributed by atoms with Crippen LogP contribution >= 0.6 is 11.8 Å². The molecule has 2 rings (SSSR count). The SMILES string of the molecule is CCOC(=O)[C@@H](Cc1ccccc1)Sc1ccccc1. The van der Waals surface area contributed by atoms with E-state index in [1.807, 2.05) is 67.6 Å². The Balaban J connectivity index is 2.10. The van der Waals surface area contributed by atoms with E-state index < -0.39 is 0 Å². The van der Waals surface area contributed by atoms with Gasteiger partial charge in [0.2, 0.25) is 0 Å². The first kappa shape index (κ1) is 14.7. The van der Waals surface area contributed by atoms with Crippen LogP contribution in [-0.4, -0.2) is 17.8 Å². The number of ether oxygens (including phenoxy) is 1. The number of rotatable bonds is 6. The van der Waals surface area contributed by atoms with E-state index in [1.165, 1.54) is 0 Å². The maximum absolute atomic E-state index is 12.1. The van der Waals surface area contributed by atoms with Gasteiger partial charge < -0.3 is 4.74 Å². The minimum absolute atomic E-state index is 0.148. The number of carbonyl (C=O) groups is 1. The van der Waals surface area contributed by atoms with Crippen molar-refractivity contribution < 1.29 is 9.53 Å². The van der Waals surface area contributed by atoms with Gasteiger partial charge in [-0.15, -0.1) is 11.8 Å². The molecule has 1 atom stereocenters. The number of hydrogen-bond acceptors (Lipinski definition) is 3. The molecule has 0 fully saturated rings. The second kappa shape index (κ2) is 7.75. The Morgan fingerprint density at radius 3 is 2.25 bits per heavy atom. The third-order valence-electron chi connectivity index (χ3n) is 2.83. The van der Waals surface area contributed by atoms with E-state index in [9.17, 15) is 4.79 Å². The molecule has 0 N–H and O–H groups in total. The zero-order valence-electron chi connectivity index (χ0n) is 11.5. The fraction of sp³-hybridized carbons (Fsp3) is 0.235. The van der Waals surface area contributed by atoms with Crippen LogP contribution in [0, 0.1) is 0 Å². The van der Waals surface area contributed by atoms with Gasteiger partial charge in [0.15, 0.2) is 0 Å². The third kappa shape index (κ3) is 4.42. The molecule has 2 nitrogen and oxygen atoms in total. The highest BCUT2D eigenvalue weighted by Gasteiger charge is 2.21. The van der Waals surface area contributed by atoms with Gasteiger partial charge in [0.1, 0.15) is 5.25 Å². The van der Waals surface area contributed by atoms with Crippen LogP contribution in [0.1, 0.15) is 12.5 Å². The highest BCUT2D eigenvalue weighted by atomic mass is 32.2. The Morgan fingerprint density at radius 1 is 1.05 bits per heavy atom. The maximum Gasteiger partial charge on any atom is 0.319 e. The quantitative estimate of drug-likeness (QED) is 0.594. The van der Waals surface area contributed by atoms with Gasteiger partial charge in [-0.2, -0.15) is 0 Å².